The van der Waals surface area contributed by atoms with Gasteiger partial charge in [0.15, 0.2) is 0 Å². The Labute approximate surface area is 147 Å². The first-order valence-electron chi connectivity index (χ1n) is 8.62. The highest BCUT2D eigenvalue weighted by molar-refractivity contribution is 5.89. The molecule has 1 aromatic carbocycles. The molecule has 1 saturated carbocycles. The summed E-state index contributed by atoms with van der Waals surface area (Å²) < 4.78 is 10.7. The van der Waals surface area contributed by atoms with Gasteiger partial charge in [-0.05, 0) is 18.9 Å². The highest BCUT2D eigenvalue weighted by Gasteiger charge is 2.33. The first kappa shape index (κ1) is 17.5. The van der Waals surface area contributed by atoms with E-state index in [-0.39, 0.29) is 18.2 Å². The van der Waals surface area contributed by atoms with Crippen LogP contribution in [0.25, 0.3) is 0 Å². The van der Waals surface area contributed by atoms with Gasteiger partial charge in [0.1, 0.15) is 11.5 Å². The molecule has 3 rings (SSSR count). The summed E-state index contributed by atoms with van der Waals surface area (Å²) in [5, 5.41) is 5.81. The van der Waals surface area contributed by atoms with Gasteiger partial charge in [-0.3, -0.25) is 14.5 Å². The number of hydrogen-bond acceptors (Lipinski definition) is 5. The highest BCUT2D eigenvalue weighted by Crippen LogP contribution is 2.27. The maximum atomic E-state index is 12.3. The number of carbonyl (C=O) groups excluding carboxylic acids is 2. The lowest BCUT2D eigenvalue weighted by Crippen LogP contribution is -2.56. The van der Waals surface area contributed by atoms with Crippen LogP contribution in [0, 0.1) is 0 Å². The molecule has 1 saturated heterocycles. The van der Waals surface area contributed by atoms with Gasteiger partial charge < -0.3 is 20.1 Å². The van der Waals surface area contributed by atoms with E-state index >= 15 is 0 Å². The van der Waals surface area contributed by atoms with E-state index < -0.39 is 6.04 Å². The van der Waals surface area contributed by atoms with Gasteiger partial charge in [0.05, 0.1) is 26.7 Å². The number of nitrogens with one attached hydrogen (secondary N) is 2. The van der Waals surface area contributed by atoms with E-state index in [4.69, 9.17) is 9.47 Å². The predicted octanol–water partition coefficient (Wildman–Crippen LogP) is 0.673. The second kappa shape index (κ2) is 7.74. The molecule has 0 bridgehead atoms. The number of ether oxygens (including phenoxy) is 2. The van der Waals surface area contributed by atoms with Crippen molar-refractivity contribution in [1.82, 2.24) is 15.5 Å². The highest BCUT2D eigenvalue weighted by atomic mass is 16.5. The predicted molar refractivity (Wildman–Crippen MR) is 92.5 cm³/mol. The standard InChI is InChI=1S/C18H25N3O4/c1-24-14-6-3-12(16(9-14)25-2)11-21-8-7-19-18(23)15(21)10-17(22)20-13-4-5-13/h3,6,9,13,15H,4-5,7-8,10-11H2,1-2H3,(H,19,23)(H,20,22)/t15-/m0/s1. The number of hydrogen-bond donors (Lipinski definition) is 2. The van der Waals surface area contributed by atoms with Crippen molar-refractivity contribution in [3.8, 4) is 11.5 Å². The molecule has 136 valence electrons. The van der Waals surface area contributed by atoms with E-state index in [0.29, 0.717) is 31.4 Å². The van der Waals surface area contributed by atoms with Crippen molar-refractivity contribution in [2.24, 2.45) is 0 Å². The number of amides is 2. The Kier molecular flexibility index (Phi) is 5.43. The number of nitrogens with zero attached hydrogens (tertiary/aromatic N) is 1. The third-order valence-electron chi connectivity index (χ3n) is 4.63. The number of rotatable bonds is 7. The molecule has 0 aromatic heterocycles. The monoisotopic (exact) mass is 347 g/mol. The Morgan fingerprint density at radius 3 is 2.80 bits per heavy atom. The Bertz CT molecular complexity index is 645. The van der Waals surface area contributed by atoms with Crippen molar-refractivity contribution in [1.29, 1.82) is 0 Å². The van der Waals surface area contributed by atoms with Crippen molar-refractivity contribution in [2.45, 2.75) is 37.9 Å². The van der Waals surface area contributed by atoms with E-state index in [1.54, 1.807) is 14.2 Å². The second-order valence-corrected chi connectivity index (χ2v) is 6.50. The molecule has 1 atom stereocenters. The number of benzene rings is 1. The fraction of sp³-hybridized carbons (Fsp3) is 0.556. The number of piperazine rings is 1. The van der Waals surface area contributed by atoms with Crippen molar-refractivity contribution < 1.29 is 19.1 Å². The average molecular weight is 347 g/mol. The van der Waals surface area contributed by atoms with Crippen molar-refractivity contribution >= 4 is 11.8 Å². The smallest absolute Gasteiger partial charge is 0.237 e. The maximum Gasteiger partial charge on any atom is 0.237 e. The summed E-state index contributed by atoms with van der Waals surface area (Å²) in [5.74, 6) is 1.28. The van der Waals surface area contributed by atoms with Gasteiger partial charge in [-0.2, -0.15) is 0 Å². The van der Waals surface area contributed by atoms with Crippen molar-refractivity contribution in [3.63, 3.8) is 0 Å². The number of methoxy groups -OCH3 is 2. The molecular weight excluding hydrogens is 322 g/mol. The first-order chi connectivity index (χ1) is 12.1. The summed E-state index contributed by atoms with van der Waals surface area (Å²) in [6, 6.07) is 5.48. The Morgan fingerprint density at radius 1 is 1.32 bits per heavy atom. The van der Waals surface area contributed by atoms with Gasteiger partial charge in [-0.25, -0.2) is 0 Å². The zero-order valence-corrected chi connectivity index (χ0v) is 14.7. The van der Waals surface area contributed by atoms with Gasteiger partial charge >= 0.3 is 0 Å². The fourth-order valence-electron chi connectivity index (χ4n) is 3.06. The van der Waals surface area contributed by atoms with Crippen LogP contribution in [0.4, 0.5) is 0 Å². The van der Waals surface area contributed by atoms with Crippen LogP contribution in [0.15, 0.2) is 18.2 Å². The summed E-state index contributed by atoms with van der Waals surface area (Å²) >= 11 is 0. The van der Waals surface area contributed by atoms with E-state index in [1.165, 1.54) is 0 Å². The topological polar surface area (TPSA) is 79.9 Å². The molecule has 2 amide bonds. The largest absolute Gasteiger partial charge is 0.497 e. The molecule has 7 heteroatoms. The molecule has 25 heavy (non-hydrogen) atoms. The second-order valence-electron chi connectivity index (χ2n) is 6.50. The van der Waals surface area contributed by atoms with Crippen LogP contribution in [0.5, 0.6) is 11.5 Å². The van der Waals surface area contributed by atoms with Gasteiger partial charge in [0.25, 0.3) is 0 Å². The quantitative estimate of drug-likeness (QED) is 0.758. The van der Waals surface area contributed by atoms with Crippen LogP contribution >= 0.6 is 0 Å². The molecule has 1 aromatic rings. The summed E-state index contributed by atoms with van der Waals surface area (Å²) in [6.45, 7) is 1.82. The summed E-state index contributed by atoms with van der Waals surface area (Å²) in [6.07, 6.45) is 2.26. The van der Waals surface area contributed by atoms with E-state index in [9.17, 15) is 9.59 Å². The van der Waals surface area contributed by atoms with Crippen LogP contribution in [0.2, 0.25) is 0 Å². The van der Waals surface area contributed by atoms with Crippen LogP contribution in [0.3, 0.4) is 0 Å². The third-order valence-corrected chi connectivity index (χ3v) is 4.63. The molecule has 7 nitrogen and oxygen atoms in total. The zero-order chi connectivity index (χ0) is 17.8. The minimum Gasteiger partial charge on any atom is -0.497 e. The first-order valence-corrected chi connectivity index (χ1v) is 8.62. The van der Waals surface area contributed by atoms with E-state index in [1.807, 2.05) is 23.1 Å². The summed E-state index contributed by atoms with van der Waals surface area (Å²) in [4.78, 5) is 26.5. The van der Waals surface area contributed by atoms with Gasteiger partial charge in [-0.15, -0.1) is 0 Å². The van der Waals surface area contributed by atoms with E-state index in [2.05, 4.69) is 10.6 Å². The molecule has 0 unspecified atom stereocenters. The third kappa shape index (κ3) is 4.42. The maximum absolute atomic E-state index is 12.3. The molecule has 0 spiro atoms. The Morgan fingerprint density at radius 2 is 2.12 bits per heavy atom. The van der Waals surface area contributed by atoms with Crippen molar-refractivity contribution in [3.05, 3.63) is 23.8 Å². The molecule has 2 aliphatic rings. The summed E-state index contributed by atoms with van der Waals surface area (Å²) in [5.41, 5.74) is 0.964. The Balaban J connectivity index is 1.71. The van der Waals surface area contributed by atoms with Crippen LogP contribution in [-0.4, -0.2) is 56.1 Å². The van der Waals surface area contributed by atoms with Gasteiger partial charge in [0.2, 0.25) is 11.8 Å². The average Bonchev–Trinajstić information content (AvgIpc) is 3.42. The Hall–Kier alpha value is -2.28. The lowest BCUT2D eigenvalue weighted by Gasteiger charge is -2.35. The minimum atomic E-state index is -0.459. The number of carbonyl (C=O) groups is 2. The molecular formula is C18H25N3O4. The van der Waals surface area contributed by atoms with Gasteiger partial charge in [-0.1, -0.05) is 6.07 Å². The lowest BCUT2D eigenvalue weighted by molar-refractivity contribution is -0.134. The lowest BCUT2D eigenvalue weighted by atomic mass is 10.1. The van der Waals surface area contributed by atoms with Crippen molar-refractivity contribution in [2.75, 3.05) is 27.3 Å². The van der Waals surface area contributed by atoms with Crippen LogP contribution in [-0.2, 0) is 16.1 Å². The molecule has 0 radical (unpaired) electrons. The molecule has 1 heterocycles. The molecule has 1 aliphatic heterocycles. The minimum absolute atomic E-state index is 0.0590. The van der Waals surface area contributed by atoms with Crippen LogP contribution in [0.1, 0.15) is 24.8 Å². The van der Waals surface area contributed by atoms with Gasteiger partial charge in [0, 0.05) is 37.3 Å². The normalized spacial score (nSPS) is 20.7. The zero-order valence-electron chi connectivity index (χ0n) is 14.7. The molecule has 2 N–H and O–H groups in total. The van der Waals surface area contributed by atoms with Crippen LogP contribution < -0.4 is 20.1 Å². The fourth-order valence-corrected chi connectivity index (χ4v) is 3.06. The van der Waals surface area contributed by atoms with E-state index in [0.717, 1.165) is 24.2 Å². The molecule has 2 fully saturated rings. The summed E-state index contributed by atoms with van der Waals surface area (Å²) in [7, 11) is 3.22. The molecule has 1 aliphatic carbocycles. The SMILES string of the molecule is COc1ccc(CN2CCNC(=O)[C@@H]2CC(=O)NC2CC2)c(OC)c1.